The zero-order valence-electron chi connectivity index (χ0n) is 43.9. The molecule has 9 unspecified atom stereocenters. The molecule has 0 bridgehead atoms. The SMILES string of the molecule is CCCCCCCCCCC[C@@H](O)CC(=O)NC1C(O)[C@H](O)C(CO[C@@H]2O[C@H](CO)[C@@H](OP(=O)(O)OP(=O)(O)OCCN)C(O)C2NC(=O)C[C@H](O)CCCCCCCCCCC)O[C@@H]1OP(=O)(O)OP(=O)(O)CCN. The van der Waals surface area contributed by atoms with Crippen molar-refractivity contribution in [2.45, 2.75) is 229 Å². The minimum atomic E-state index is -5.73. The Bertz CT molecular complexity index is 1830. The highest BCUT2D eigenvalue weighted by atomic mass is 31.3. The topological polar surface area (TPSA) is 455 Å². The molecule has 16 atom stereocenters. The van der Waals surface area contributed by atoms with E-state index < -0.39 is 162 Å². The molecule has 0 radical (unpaired) electrons. The minimum Gasteiger partial charge on any atom is -0.394 e. The van der Waals surface area contributed by atoms with Crippen molar-refractivity contribution in [1.82, 2.24) is 10.6 Å². The highest BCUT2D eigenvalue weighted by Crippen LogP contribution is 2.62. The summed E-state index contributed by atoms with van der Waals surface area (Å²) in [4.78, 5) is 67.8. The molecule has 2 aliphatic rings. The van der Waals surface area contributed by atoms with Crippen molar-refractivity contribution in [1.29, 1.82) is 0 Å². The van der Waals surface area contributed by atoms with Gasteiger partial charge in [-0.2, -0.15) is 4.31 Å². The number of nitrogens with two attached hydrogens (primary N) is 2. The number of unbranched alkanes of at least 4 members (excludes halogenated alkanes) is 16. The van der Waals surface area contributed by atoms with Crippen molar-refractivity contribution in [2.75, 3.05) is 39.1 Å². The van der Waals surface area contributed by atoms with Gasteiger partial charge in [0, 0.05) is 13.1 Å². The van der Waals surface area contributed by atoms with E-state index >= 15 is 0 Å². The summed E-state index contributed by atoms with van der Waals surface area (Å²) in [5.74, 6) is -1.87. The molecule has 2 saturated heterocycles. The summed E-state index contributed by atoms with van der Waals surface area (Å²) in [6.07, 6.45) is -2.51. The Hall–Kier alpha value is -0.940. The zero-order chi connectivity index (χ0) is 57.0. The molecule has 0 aromatic rings. The molecule has 0 saturated carbocycles. The third-order valence-electron chi connectivity index (χ3n) is 12.5. The number of hydrogen-bond donors (Lipinski definition) is 14. The van der Waals surface area contributed by atoms with E-state index in [9.17, 15) is 78.1 Å². The number of hydrogen-bond acceptors (Lipinski definition) is 22. The Labute approximate surface area is 445 Å². The Kier molecular flexibility index (Phi) is 34.9. The molecule has 16 N–H and O–H groups in total. The zero-order valence-corrected chi connectivity index (χ0v) is 47.4. The van der Waals surface area contributed by atoms with Crippen LogP contribution in [0.4, 0.5) is 0 Å². The highest BCUT2D eigenvalue weighted by Gasteiger charge is 2.53. The molecule has 2 heterocycles. The summed E-state index contributed by atoms with van der Waals surface area (Å²) < 4.78 is 91.5. The number of nitrogens with one attached hydrogen (secondary N) is 2. The molecule has 0 spiro atoms. The second-order valence-corrected chi connectivity index (χ2v) is 25.7. The van der Waals surface area contributed by atoms with E-state index in [4.69, 9.17) is 34.7 Å². The smallest absolute Gasteiger partial charge is 0.394 e. The van der Waals surface area contributed by atoms with E-state index in [1.54, 1.807) is 0 Å². The Balaban J connectivity index is 2.34. The molecule has 2 amide bonds. The summed E-state index contributed by atoms with van der Waals surface area (Å²) in [6, 6.07) is -3.84. The number of carbonyl (C=O) groups excluding carboxylic acids is 2. The van der Waals surface area contributed by atoms with Crippen LogP contribution in [0.3, 0.4) is 0 Å². The molecule has 450 valence electrons. The van der Waals surface area contributed by atoms with Crippen LogP contribution in [0, 0.1) is 0 Å². The number of carbonyl (C=O) groups is 2. The molecule has 2 aliphatic heterocycles. The van der Waals surface area contributed by atoms with Gasteiger partial charge in [-0.15, -0.1) is 0 Å². The maximum atomic E-state index is 13.5. The summed E-state index contributed by atoms with van der Waals surface area (Å²) in [7, 11) is -21.7. The fourth-order valence-corrected chi connectivity index (χ4v) is 13.3. The largest absolute Gasteiger partial charge is 0.481 e. The molecule has 0 aromatic carbocycles. The normalized spacial score (nSPS) is 28.1. The van der Waals surface area contributed by atoms with Gasteiger partial charge in [-0.1, -0.05) is 129 Å². The van der Waals surface area contributed by atoms with Crippen LogP contribution in [0.2, 0.25) is 0 Å². The first-order chi connectivity index (χ1) is 35.8. The standard InChI is InChI=1S/C44H90N4O24P4/c1-3-5-7-9-11-13-15-17-19-21-31(50)27-35(52)47-37-40(55)39(54)34(68-44(37)70-76(63,64)71-73(57,58)26-24-46)30-65-43-38(48-36(53)28-32(51)22-20-18-16-14-12-10-8-6-4-2)41(56)42(33(29-49)67-43)69-75(61,62)72-74(59,60)66-25-23-45/h31-34,37-44,49-51,54-56H,3-30,45-46H2,1-2H3,(H,47,52)(H,48,53)(H,57,58)(H,59,60)(H,61,62)(H,63,64)/t31-,32-,33-,34?,37?,38?,39-,40?,41?,42-,43-,44-/m1/s1. The van der Waals surface area contributed by atoms with Gasteiger partial charge in [-0.3, -0.25) is 27.7 Å². The number of aliphatic hydroxyl groups is 6. The number of ether oxygens (including phenoxy) is 3. The Morgan fingerprint density at radius 2 is 1.03 bits per heavy atom. The lowest BCUT2D eigenvalue weighted by Crippen LogP contribution is -2.67. The van der Waals surface area contributed by atoms with Gasteiger partial charge in [0.1, 0.15) is 48.7 Å². The molecule has 2 rings (SSSR count). The average molecular weight is 1180 g/mol. The molecule has 28 nitrogen and oxygen atoms in total. The van der Waals surface area contributed by atoms with Crippen molar-refractivity contribution in [3.63, 3.8) is 0 Å². The first kappa shape index (κ1) is 71.2. The summed E-state index contributed by atoms with van der Waals surface area (Å²) in [5, 5.41) is 70.8. The van der Waals surface area contributed by atoms with Crippen molar-refractivity contribution in [2.24, 2.45) is 11.5 Å². The van der Waals surface area contributed by atoms with Gasteiger partial charge >= 0.3 is 31.1 Å². The number of aliphatic hydroxyl groups excluding tert-OH is 6. The van der Waals surface area contributed by atoms with E-state index in [-0.39, 0.29) is 19.4 Å². The first-order valence-electron chi connectivity index (χ1n) is 26.5. The van der Waals surface area contributed by atoms with Gasteiger partial charge in [0.05, 0.1) is 51.0 Å². The van der Waals surface area contributed by atoms with E-state index in [1.807, 2.05) is 0 Å². The van der Waals surface area contributed by atoms with E-state index in [0.717, 1.165) is 83.5 Å². The molecule has 76 heavy (non-hydrogen) atoms. The molecule has 0 aliphatic carbocycles. The third kappa shape index (κ3) is 28.7. The second kappa shape index (κ2) is 37.2. The summed E-state index contributed by atoms with van der Waals surface area (Å²) >= 11 is 0. The minimum absolute atomic E-state index is 0.211. The van der Waals surface area contributed by atoms with E-state index in [2.05, 4.69) is 37.6 Å². The molecule has 32 heteroatoms. The average Bonchev–Trinajstić information content (AvgIpc) is 3.32. The quantitative estimate of drug-likeness (QED) is 0.0308. The maximum absolute atomic E-state index is 13.5. The van der Waals surface area contributed by atoms with Gasteiger partial charge in [0.25, 0.3) is 0 Å². The number of phosphoric ester groups is 3. The van der Waals surface area contributed by atoms with Gasteiger partial charge < -0.3 is 86.5 Å². The molecule has 2 fully saturated rings. The summed E-state index contributed by atoms with van der Waals surface area (Å²) in [5.41, 5.74) is 10.6. The lowest BCUT2D eigenvalue weighted by Gasteiger charge is -2.45. The lowest BCUT2D eigenvalue weighted by molar-refractivity contribution is -0.294. The Morgan fingerprint density at radius 3 is 1.49 bits per heavy atom. The third-order valence-corrected chi connectivity index (χ3v) is 18.3. The lowest BCUT2D eigenvalue weighted by atomic mass is 9.95. The van der Waals surface area contributed by atoms with Crippen molar-refractivity contribution < 1.29 is 114 Å². The van der Waals surface area contributed by atoms with Crippen LogP contribution in [0.5, 0.6) is 0 Å². The van der Waals surface area contributed by atoms with Crippen LogP contribution >= 0.6 is 31.1 Å². The Morgan fingerprint density at radius 1 is 0.579 bits per heavy atom. The molecular weight excluding hydrogens is 1090 g/mol. The van der Waals surface area contributed by atoms with Crippen LogP contribution in [-0.4, -0.2) is 175 Å². The van der Waals surface area contributed by atoms with Gasteiger partial charge in [-0.25, -0.2) is 18.0 Å². The van der Waals surface area contributed by atoms with Crippen molar-refractivity contribution >= 4 is 42.9 Å². The fourth-order valence-electron chi connectivity index (χ4n) is 8.51. The van der Waals surface area contributed by atoms with Crippen LogP contribution in [0.15, 0.2) is 0 Å². The predicted molar refractivity (Wildman–Crippen MR) is 274 cm³/mol. The molecule has 0 aromatic heterocycles. The summed E-state index contributed by atoms with van der Waals surface area (Å²) in [6.45, 7) is 0.764. The fraction of sp³-hybridized carbons (Fsp3) is 0.955. The van der Waals surface area contributed by atoms with Crippen LogP contribution in [0.1, 0.15) is 155 Å². The van der Waals surface area contributed by atoms with Crippen LogP contribution in [0.25, 0.3) is 0 Å². The van der Waals surface area contributed by atoms with Gasteiger partial charge in [0.2, 0.25) is 11.8 Å². The second-order valence-electron chi connectivity index (χ2n) is 19.2. The van der Waals surface area contributed by atoms with Gasteiger partial charge in [0.15, 0.2) is 12.6 Å². The first-order valence-corrected chi connectivity index (χ1v) is 32.7. The van der Waals surface area contributed by atoms with Crippen LogP contribution in [-0.2, 0) is 64.3 Å². The highest BCUT2D eigenvalue weighted by molar-refractivity contribution is 7.64. The molecular formula is C44H90N4O24P4. The predicted octanol–water partition coefficient (Wildman–Crippen LogP) is 2.70. The van der Waals surface area contributed by atoms with Gasteiger partial charge in [-0.05, 0) is 12.8 Å². The monoisotopic (exact) mass is 1180 g/mol. The number of rotatable bonds is 43. The van der Waals surface area contributed by atoms with Crippen molar-refractivity contribution in [3.8, 4) is 0 Å². The van der Waals surface area contributed by atoms with Crippen LogP contribution < -0.4 is 22.1 Å². The van der Waals surface area contributed by atoms with Crippen molar-refractivity contribution in [3.05, 3.63) is 0 Å². The number of phosphoric acid groups is 3. The maximum Gasteiger partial charge on any atom is 0.481 e. The number of amides is 2. The van der Waals surface area contributed by atoms with E-state index in [1.165, 1.54) is 19.3 Å². The van der Waals surface area contributed by atoms with E-state index in [0.29, 0.717) is 12.8 Å².